The van der Waals surface area contributed by atoms with Crippen LogP contribution in [0.15, 0.2) is 47.3 Å². The first-order valence-corrected chi connectivity index (χ1v) is 5.73. The molecule has 0 unspecified atom stereocenters. The lowest BCUT2D eigenvalue weighted by Gasteiger charge is -2.28. The molecule has 3 rings (SSSR count). The molecule has 0 fully saturated rings. The zero-order chi connectivity index (χ0) is 11.7. The van der Waals surface area contributed by atoms with Gasteiger partial charge in [-0.3, -0.25) is 4.79 Å². The second-order valence-corrected chi connectivity index (χ2v) is 4.26. The maximum atomic E-state index is 12.1. The molecule has 3 heteroatoms. The lowest BCUT2D eigenvalue weighted by molar-refractivity contribution is 0.0734. The number of nitrogens with zero attached hydrogens (tertiary/aromatic N) is 1. The summed E-state index contributed by atoms with van der Waals surface area (Å²) in [6, 6.07) is 10.00. The second kappa shape index (κ2) is 4.09. The van der Waals surface area contributed by atoms with Crippen LogP contribution in [0.4, 0.5) is 0 Å². The minimum absolute atomic E-state index is 0.0493. The van der Waals surface area contributed by atoms with Gasteiger partial charge in [-0.1, -0.05) is 24.3 Å². The number of benzene rings is 1. The summed E-state index contributed by atoms with van der Waals surface area (Å²) in [4.78, 5) is 14.0. The Morgan fingerprint density at radius 3 is 2.76 bits per heavy atom. The highest BCUT2D eigenvalue weighted by molar-refractivity contribution is 5.93. The average Bonchev–Trinajstić information content (AvgIpc) is 2.91. The fourth-order valence-electron chi connectivity index (χ4n) is 2.24. The number of carbonyl (C=O) groups excluding carboxylic acids is 1. The number of furan rings is 1. The smallest absolute Gasteiger partial charge is 0.257 e. The van der Waals surface area contributed by atoms with Crippen molar-refractivity contribution in [3.63, 3.8) is 0 Å². The van der Waals surface area contributed by atoms with Crippen LogP contribution >= 0.6 is 0 Å². The summed E-state index contributed by atoms with van der Waals surface area (Å²) in [6.07, 6.45) is 3.97. The molecule has 1 aromatic carbocycles. The number of hydrogen-bond acceptors (Lipinski definition) is 2. The average molecular weight is 227 g/mol. The molecule has 1 amide bonds. The van der Waals surface area contributed by atoms with Crippen molar-refractivity contribution in [2.45, 2.75) is 13.0 Å². The van der Waals surface area contributed by atoms with Crippen LogP contribution < -0.4 is 0 Å². The van der Waals surface area contributed by atoms with Gasteiger partial charge in [0.25, 0.3) is 5.91 Å². The maximum Gasteiger partial charge on any atom is 0.257 e. The fourth-order valence-corrected chi connectivity index (χ4v) is 2.24. The molecule has 17 heavy (non-hydrogen) atoms. The normalized spacial score (nSPS) is 14.5. The molecule has 0 saturated heterocycles. The summed E-state index contributed by atoms with van der Waals surface area (Å²) in [7, 11) is 0. The van der Waals surface area contributed by atoms with Crippen LogP contribution in [0.25, 0.3) is 0 Å². The van der Waals surface area contributed by atoms with Crippen molar-refractivity contribution in [1.29, 1.82) is 0 Å². The van der Waals surface area contributed by atoms with E-state index < -0.39 is 0 Å². The zero-order valence-corrected chi connectivity index (χ0v) is 9.43. The number of rotatable bonds is 1. The summed E-state index contributed by atoms with van der Waals surface area (Å²) in [5, 5.41) is 0. The van der Waals surface area contributed by atoms with Gasteiger partial charge in [0.05, 0.1) is 11.8 Å². The summed E-state index contributed by atoms with van der Waals surface area (Å²) in [5.41, 5.74) is 3.23. The molecular weight excluding hydrogens is 214 g/mol. The Bertz CT molecular complexity index is 531. The van der Waals surface area contributed by atoms with Gasteiger partial charge in [0.2, 0.25) is 0 Å². The van der Waals surface area contributed by atoms with E-state index in [0.29, 0.717) is 12.1 Å². The molecule has 0 atom stereocenters. The van der Waals surface area contributed by atoms with Gasteiger partial charge in [-0.15, -0.1) is 0 Å². The molecule has 1 aliphatic heterocycles. The van der Waals surface area contributed by atoms with Gasteiger partial charge < -0.3 is 9.32 Å². The van der Waals surface area contributed by atoms with Gasteiger partial charge in [0.1, 0.15) is 6.26 Å². The Morgan fingerprint density at radius 2 is 2.00 bits per heavy atom. The molecule has 1 aliphatic rings. The van der Waals surface area contributed by atoms with Crippen LogP contribution in [-0.4, -0.2) is 17.4 Å². The van der Waals surface area contributed by atoms with E-state index in [4.69, 9.17) is 4.42 Å². The molecule has 2 heterocycles. The summed E-state index contributed by atoms with van der Waals surface area (Å²) in [5.74, 6) is 0.0493. The molecule has 0 saturated carbocycles. The summed E-state index contributed by atoms with van der Waals surface area (Å²) in [6.45, 7) is 1.47. The Balaban J connectivity index is 1.83. The highest BCUT2D eigenvalue weighted by atomic mass is 16.3. The van der Waals surface area contributed by atoms with E-state index in [0.717, 1.165) is 13.0 Å². The topological polar surface area (TPSA) is 33.5 Å². The highest BCUT2D eigenvalue weighted by Gasteiger charge is 2.21. The molecule has 2 aromatic rings. The first kappa shape index (κ1) is 10.1. The van der Waals surface area contributed by atoms with E-state index in [9.17, 15) is 4.79 Å². The van der Waals surface area contributed by atoms with Crippen LogP contribution in [0.5, 0.6) is 0 Å². The lowest BCUT2D eigenvalue weighted by atomic mass is 9.99. The van der Waals surface area contributed by atoms with Crippen molar-refractivity contribution in [2.75, 3.05) is 6.54 Å². The molecule has 3 nitrogen and oxygen atoms in total. The highest BCUT2D eigenvalue weighted by Crippen LogP contribution is 2.20. The minimum atomic E-state index is 0.0493. The van der Waals surface area contributed by atoms with Gasteiger partial charge in [-0.05, 0) is 23.6 Å². The predicted octanol–water partition coefficient (Wildman–Crippen LogP) is 2.48. The number of hydrogen-bond donors (Lipinski definition) is 0. The Hall–Kier alpha value is -2.03. The van der Waals surface area contributed by atoms with Gasteiger partial charge in [-0.25, -0.2) is 0 Å². The van der Waals surface area contributed by atoms with Crippen molar-refractivity contribution < 1.29 is 9.21 Å². The second-order valence-electron chi connectivity index (χ2n) is 4.26. The zero-order valence-electron chi connectivity index (χ0n) is 9.43. The van der Waals surface area contributed by atoms with E-state index >= 15 is 0 Å². The lowest BCUT2D eigenvalue weighted by Crippen LogP contribution is -2.35. The Morgan fingerprint density at radius 1 is 1.18 bits per heavy atom. The monoisotopic (exact) mass is 227 g/mol. The van der Waals surface area contributed by atoms with Gasteiger partial charge >= 0.3 is 0 Å². The van der Waals surface area contributed by atoms with Crippen LogP contribution in [0.3, 0.4) is 0 Å². The molecule has 0 N–H and O–H groups in total. The Labute approximate surface area is 99.7 Å². The molecule has 0 spiro atoms. The van der Waals surface area contributed by atoms with Gasteiger partial charge in [-0.2, -0.15) is 0 Å². The van der Waals surface area contributed by atoms with Crippen LogP contribution in [0.2, 0.25) is 0 Å². The van der Waals surface area contributed by atoms with Crippen molar-refractivity contribution in [3.8, 4) is 0 Å². The molecule has 1 aromatic heterocycles. The number of carbonyl (C=O) groups is 1. The van der Waals surface area contributed by atoms with Gasteiger partial charge in [0, 0.05) is 13.1 Å². The van der Waals surface area contributed by atoms with Gasteiger partial charge in [0.15, 0.2) is 0 Å². The number of amides is 1. The first-order chi connectivity index (χ1) is 8.34. The van der Waals surface area contributed by atoms with Crippen molar-refractivity contribution >= 4 is 5.91 Å². The quantitative estimate of drug-likeness (QED) is 0.750. The summed E-state index contributed by atoms with van der Waals surface area (Å²) < 4.78 is 4.95. The molecule has 0 radical (unpaired) electrons. The van der Waals surface area contributed by atoms with Crippen molar-refractivity contribution in [3.05, 3.63) is 59.5 Å². The third kappa shape index (κ3) is 1.84. The van der Waals surface area contributed by atoms with Crippen LogP contribution in [-0.2, 0) is 13.0 Å². The standard InChI is InChI=1S/C14H13NO2/c16-14(13-6-8-17-10-13)15-7-5-11-3-1-2-4-12(11)9-15/h1-4,6,8,10H,5,7,9H2. The SMILES string of the molecule is O=C(c1ccoc1)N1CCc2ccccc2C1. The third-order valence-corrected chi connectivity index (χ3v) is 3.19. The largest absolute Gasteiger partial charge is 0.472 e. The van der Waals surface area contributed by atoms with Crippen molar-refractivity contribution in [1.82, 2.24) is 4.90 Å². The number of fused-ring (bicyclic) bond motifs is 1. The molecule has 86 valence electrons. The minimum Gasteiger partial charge on any atom is -0.472 e. The van der Waals surface area contributed by atoms with E-state index in [1.165, 1.54) is 23.7 Å². The van der Waals surface area contributed by atoms with E-state index in [1.807, 2.05) is 17.0 Å². The van der Waals surface area contributed by atoms with Crippen LogP contribution in [0.1, 0.15) is 21.5 Å². The fraction of sp³-hybridized carbons (Fsp3) is 0.214. The van der Waals surface area contributed by atoms with E-state index in [2.05, 4.69) is 12.1 Å². The predicted molar refractivity (Wildman–Crippen MR) is 63.6 cm³/mol. The molecule has 0 bridgehead atoms. The van der Waals surface area contributed by atoms with E-state index in [-0.39, 0.29) is 5.91 Å². The third-order valence-electron chi connectivity index (χ3n) is 3.19. The van der Waals surface area contributed by atoms with Crippen molar-refractivity contribution in [2.24, 2.45) is 0 Å². The maximum absolute atomic E-state index is 12.1. The molecular formula is C14H13NO2. The van der Waals surface area contributed by atoms with E-state index in [1.54, 1.807) is 6.07 Å². The Kier molecular flexibility index (Phi) is 2.44. The molecule has 0 aliphatic carbocycles. The summed E-state index contributed by atoms with van der Waals surface area (Å²) >= 11 is 0. The first-order valence-electron chi connectivity index (χ1n) is 5.73. The van der Waals surface area contributed by atoms with Crippen LogP contribution in [0, 0.1) is 0 Å².